The van der Waals surface area contributed by atoms with Gasteiger partial charge in [-0.05, 0) is 51.3 Å². The van der Waals surface area contributed by atoms with Crippen molar-refractivity contribution in [2.24, 2.45) is 17.3 Å². The Balaban J connectivity index is 1.42. The Labute approximate surface area is 151 Å². The minimum Gasteiger partial charge on any atom is -0.381 e. The van der Waals surface area contributed by atoms with Crippen molar-refractivity contribution in [1.29, 1.82) is 0 Å². The summed E-state index contributed by atoms with van der Waals surface area (Å²) in [4.78, 5) is 17.4. The minimum atomic E-state index is 0.188. The summed E-state index contributed by atoms with van der Waals surface area (Å²) in [6.07, 6.45) is 3.79. The second-order valence-corrected chi connectivity index (χ2v) is 8.58. The van der Waals surface area contributed by atoms with Crippen LogP contribution in [-0.4, -0.2) is 62.1 Å². The monoisotopic (exact) mass is 342 g/mol. The Kier molecular flexibility index (Phi) is 4.59. The molecule has 2 aliphatic heterocycles. The molecule has 1 amide bonds. The zero-order chi connectivity index (χ0) is 17.4. The van der Waals surface area contributed by atoms with Gasteiger partial charge in [0.1, 0.15) is 0 Å². The number of ether oxygens (including phenoxy) is 1. The number of hydrogen-bond acceptors (Lipinski definition) is 3. The molecule has 1 saturated carbocycles. The maximum atomic E-state index is 12.9. The van der Waals surface area contributed by atoms with Gasteiger partial charge in [0.2, 0.25) is 0 Å². The molecule has 4 rings (SSSR count). The lowest BCUT2D eigenvalue weighted by molar-refractivity contribution is 0.0530. The van der Waals surface area contributed by atoms with E-state index in [1.165, 1.54) is 12.8 Å². The first kappa shape index (κ1) is 17.0. The van der Waals surface area contributed by atoms with Crippen LogP contribution in [0.2, 0.25) is 0 Å². The molecule has 136 valence electrons. The molecule has 0 radical (unpaired) electrons. The maximum absolute atomic E-state index is 12.9. The lowest BCUT2D eigenvalue weighted by Gasteiger charge is -2.30. The van der Waals surface area contributed by atoms with Crippen LogP contribution >= 0.6 is 0 Å². The van der Waals surface area contributed by atoms with Gasteiger partial charge in [-0.1, -0.05) is 17.7 Å². The van der Waals surface area contributed by atoms with E-state index in [9.17, 15) is 4.79 Å². The van der Waals surface area contributed by atoms with E-state index in [1.807, 2.05) is 31.2 Å². The van der Waals surface area contributed by atoms with Gasteiger partial charge < -0.3 is 14.5 Å². The first-order valence-corrected chi connectivity index (χ1v) is 9.68. The highest BCUT2D eigenvalue weighted by Gasteiger charge is 2.50. The van der Waals surface area contributed by atoms with Gasteiger partial charge in [-0.2, -0.15) is 0 Å². The van der Waals surface area contributed by atoms with E-state index in [1.54, 1.807) is 0 Å². The van der Waals surface area contributed by atoms with Crippen molar-refractivity contribution >= 4 is 5.91 Å². The number of aryl methyl sites for hydroxylation is 1. The third kappa shape index (κ3) is 3.61. The van der Waals surface area contributed by atoms with Crippen LogP contribution in [0.4, 0.5) is 0 Å². The van der Waals surface area contributed by atoms with Gasteiger partial charge in [0.05, 0.1) is 6.61 Å². The van der Waals surface area contributed by atoms with E-state index in [0.29, 0.717) is 5.92 Å². The minimum absolute atomic E-state index is 0.188. The maximum Gasteiger partial charge on any atom is 0.253 e. The van der Waals surface area contributed by atoms with E-state index in [-0.39, 0.29) is 11.3 Å². The average Bonchev–Trinajstić information content (AvgIpc) is 3.23. The molecule has 0 unspecified atom stereocenters. The first-order chi connectivity index (χ1) is 12.1. The van der Waals surface area contributed by atoms with Crippen LogP contribution in [0.15, 0.2) is 24.3 Å². The Morgan fingerprint density at radius 2 is 2.12 bits per heavy atom. The van der Waals surface area contributed by atoms with Crippen molar-refractivity contribution in [3.05, 3.63) is 35.4 Å². The van der Waals surface area contributed by atoms with Crippen molar-refractivity contribution in [3.63, 3.8) is 0 Å². The molecule has 1 aromatic rings. The van der Waals surface area contributed by atoms with Crippen molar-refractivity contribution in [2.75, 3.05) is 46.4 Å². The largest absolute Gasteiger partial charge is 0.381 e. The summed E-state index contributed by atoms with van der Waals surface area (Å²) in [5.41, 5.74) is 2.19. The summed E-state index contributed by atoms with van der Waals surface area (Å²) in [6.45, 7) is 7.76. The van der Waals surface area contributed by atoms with Crippen LogP contribution in [0, 0.1) is 24.2 Å². The second kappa shape index (κ2) is 6.73. The fourth-order valence-electron chi connectivity index (χ4n) is 4.68. The van der Waals surface area contributed by atoms with Crippen molar-refractivity contribution < 1.29 is 9.53 Å². The van der Waals surface area contributed by atoms with Gasteiger partial charge in [-0.3, -0.25) is 4.79 Å². The average molecular weight is 342 g/mol. The lowest BCUT2D eigenvalue weighted by atomic mass is 9.77. The number of hydrogen-bond donors (Lipinski definition) is 0. The first-order valence-electron chi connectivity index (χ1n) is 9.68. The Hall–Kier alpha value is -1.39. The number of carbonyl (C=O) groups is 1. The smallest absolute Gasteiger partial charge is 0.253 e. The van der Waals surface area contributed by atoms with Gasteiger partial charge in [0.15, 0.2) is 0 Å². The van der Waals surface area contributed by atoms with Crippen molar-refractivity contribution in [1.82, 2.24) is 9.80 Å². The topological polar surface area (TPSA) is 32.8 Å². The molecular formula is C21H30N2O2. The Morgan fingerprint density at radius 3 is 2.88 bits per heavy atom. The molecule has 3 fully saturated rings. The van der Waals surface area contributed by atoms with Crippen molar-refractivity contribution in [2.45, 2.75) is 26.2 Å². The van der Waals surface area contributed by atoms with Crippen LogP contribution in [0.1, 0.15) is 35.2 Å². The molecule has 4 heteroatoms. The summed E-state index contributed by atoms with van der Waals surface area (Å²) in [5.74, 6) is 1.55. The molecule has 2 saturated heterocycles. The number of amides is 1. The molecule has 0 aromatic heterocycles. The third-order valence-electron chi connectivity index (χ3n) is 6.29. The Bertz CT molecular complexity index is 643. The molecule has 1 aromatic carbocycles. The molecule has 4 nitrogen and oxygen atoms in total. The van der Waals surface area contributed by atoms with Crippen LogP contribution < -0.4 is 0 Å². The van der Waals surface area contributed by atoms with Crippen LogP contribution in [0.5, 0.6) is 0 Å². The fourth-order valence-corrected chi connectivity index (χ4v) is 4.68. The molecule has 1 spiro atoms. The number of likely N-dealkylation sites (tertiary alicyclic amines) is 2. The molecule has 2 heterocycles. The number of benzene rings is 1. The predicted octanol–water partition coefficient (Wildman–Crippen LogP) is 2.82. The van der Waals surface area contributed by atoms with E-state index < -0.39 is 0 Å². The molecule has 1 aliphatic carbocycles. The number of carbonyl (C=O) groups excluding carboxylic acids is 1. The third-order valence-corrected chi connectivity index (χ3v) is 6.29. The fraction of sp³-hybridized carbons (Fsp3) is 0.667. The van der Waals surface area contributed by atoms with Gasteiger partial charge >= 0.3 is 0 Å². The van der Waals surface area contributed by atoms with E-state index in [4.69, 9.17) is 4.74 Å². The second-order valence-electron chi connectivity index (χ2n) is 8.58. The lowest BCUT2D eigenvalue weighted by Crippen LogP contribution is -2.38. The van der Waals surface area contributed by atoms with Crippen LogP contribution in [0.3, 0.4) is 0 Å². The molecule has 0 bridgehead atoms. The quantitative estimate of drug-likeness (QED) is 0.825. The number of nitrogens with zero attached hydrogens (tertiary/aromatic N) is 2. The summed E-state index contributed by atoms with van der Waals surface area (Å²) < 4.78 is 6.04. The zero-order valence-corrected chi connectivity index (χ0v) is 15.5. The van der Waals surface area contributed by atoms with Gasteiger partial charge in [0.25, 0.3) is 5.91 Å². The molecule has 2 atom stereocenters. The predicted molar refractivity (Wildman–Crippen MR) is 98.7 cm³/mol. The summed E-state index contributed by atoms with van der Waals surface area (Å²) in [5, 5.41) is 0. The summed E-state index contributed by atoms with van der Waals surface area (Å²) >= 11 is 0. The summed E-state index contributed by atoms with van der Waals surface area (Å²) in [6, 6.07) is 7.97. The standard InChI is InChI=1S/C21H30N2O2/c1-16-4-3-5-18(10-16)20(24)23-9-8-21(15-23)14-22(2)11-19(21)13-25-12-17-6-7-17/h3-5,10,17,19H,6-9,11-15H2,1-2H3/t19-,21+/m0/s1. The molecule has 25 heavy (non-hydrogen) atoms. The SMILES string of the molecule is Cc1cccc(C(=O)N2CC[C@@]3(CN(C)C[C@H]3COCC3CC3)C2)c1. The molecular weight excluding hydrogens is 312 g/mol. The van der Waals surface area contributed by atoms with Gasteiger partial charge in [0, 0.05) is 49.7 Å². The highest BCUT2D eigenvalue weighted by Crippen LogP contribution is 2.44. The van der Waals surface area contributed by atoms with Crippen LogP contribution in [-0.2, 0) is 4.74 Å². The molecule has 0 N–H and O–H groups in total. The van der Waals surface area contributed by atoms with E-state index in [0.717, 1.165) is 62.9 Å². The van der Waals surface area contributed by atoms with E-state index >= 15 is 0 Å². The highest BCUT2D eigenvalue weighted by molar-refractivity contribution is 5.94. The zero-order valence-electron chi connectivity index (χ0n) is 15.5. The summed E-state index contributed by atoms with van der Waals surface area (Å²) in [7, 11) is 2.20. The van der Waals surface area contributed by atoms with Gasteiger partial charge in [-0.25, -0.2) is 0 Å². The highest BCUT2D eigenvalue weighted by atomic mass is 16.5. The van der Waals surface area contributed by atoms with E-state index in [2.05, 4.69) is 16.8 Å². The Morgan fingerprint density at radius 1 is 1.28 bits per heavy atom. The van der Waals surface area contributed by atoms with Crippen LogP contribution in [0.25, 0.3) is 0 Å². The normalized spacial score (nSPS) is 29.7. The van der Waals surface area contributed by atoms with Crippen molar-refractivity contribution in [3.8, 4) is 0 Å². The molecule has 3 aliphatic rings. The number of rotatable bonds is 5. The van der Waals surface area contributed by atoms with Gasteiger partial charge in [-0.15, -0.1) is 0 Å².